The number of amidine groups is 1. The first-order valence-corrected chi connectivity index (χ1v) is 5.81. The summed E-state index contributed by atoms with van der Waals surface area (Å²) in [4.78, 5) is 27.8. The molecule has 6 heteroatoms. The Morgan fingerprint density at radius 3 is 2.80 bits per heavy atom. The Hall–Kier alpha value is -1.04. The molecule has 82 valence electrons. The number of likely N-dealkylation sites (tertiary alicyclic amines) is 1. The van der Waals surface area contributed by atoms with Crippen LogP contribution in [-0.2, 0) is 9.59 Å². The van der Waals surface area contributed by atoms with Gasteiger partial charge in [0.05, 0.1) is 6.42 Å². The Bertz CT molecular complexity index is 323. The topological polar surface area (TPSA) is 70.0 Å². The SMILES string of the molecule is O=C(O)CC1SC(N2CCCC2)=NC1=O. The van der Waals surface area contributed by atoms with E-state index in [1.165, 1.54) is 11.8 Å². The van der Waals surface area contributed by atoms with Gasteiger partial charge in [-0.05, 0) is 12.8 Å². The molecule has 2 heterocycles. The Balaban J connectivity index is 1.97. The Morgan fingerprint density at radius 2 is 2.20 bits per heavy atom. The molecule has 2 aliphatic rings. The maximum atomic E-state index is 11.4. The third-order valence-corrected chi connectivity index (χ3v) is 3.68. The highest BCUT2D eigenvalue weighted by atomic mass is 32.2. The van der Waals surface area contributed by atoms with Crippen LogP contribution in [0.5, 0.6) is 0 Å². The lowest BCUT2D eigenvalue weighted by molar-refractivity contribution is -0.138. The van der Waals surface area contributed by atoms with E-state index in [0.29, 0.717) is 5.17 Å². The number of amides is 1. The van der Waals surface area contributed by atoms with Crippen LogP contribution >= 0.6 is 11.8 Å². The van der Waals surface area contributed by atoms with Crippen LogP contribution in [0, 0.1) is 0 Å². The van der Waals surface area contributed by atoms with E-state index in [-0.39, 0.29) is 12.3 Å². The van der Waals surface area contributed by atoms with Crippen LogP contribution in [0.3, 0.4) is 0 Å². The Kier molecular flexibility index (Phi) is 2.95. The number of carbonyl (C=O) groups excluding carboxylic acids is 1. The van der Waals surface area contributed by atoms with E-state index >= 15 is 0 Å². The summed E-state index contributed by atoms with van der Waals surface area (Å²) in [6, 6.07) is 0. The van der Waals surface area contributed by atoms with Crippen molar-refractivity contribution < 1.29 is 14.7 Å². The van der Waals surface area contributed by atoms with Crippen LogP contribution in [0.2, 0.25) is 0 Å². The monoisotopic (exact) mass is 228 g/mol. The zero-order valence-corrected chi connectivity index (χ0v) is 9.00. The smallest absolute Gasteiger partial charge is 0.305 e. The minimum absolute atomic E-state index is 0.135. The van der Waals surface area contributed by atoms with Crippen LogP contribution in [0.1, 0.15) is 19.3 Å². The summed E-state index contributed by atoms with van der Waals surface area (Å²) in [6.07, 6.45) is 2.11. The van der Waals surface area contributed by atoms with Gasteiger partial charge in [-0.3, -0.25) is 9.59 Å². The van der Waals surface area contributed by atoms with E-state index in [0.717, 1.165) is 25.9 Å². The molecule has 0 spiro atoms. The summed E-state index contributed by atoms with van der Waals surface area (Å²) in [7, 11) is 0. The quantitative estimate of drug-likeness (QED) is 0.747. The fourth-order valence-electron chi connectivity index (χ4n) is 1.71. The second-order valence-electron chi connectivity index (χ2n) is 3.63. The van der Waals surface area contributed by atoms with Crippen molar-refractivity contribution in [3.63, 3.8) is 0 Å². The number of rotatable bonds is 2. The first-order valence-electron chi connectivity index (χ1n) is 4.93. The highest BCUT2D eigenvalue weighted by Gasteiger charge is 2.33. The molecule has 1 unspecified atom stereocenters. The summed E-state index contributed by atoms with van der Waals surface area (Å²) in [5, 5.41) is 8.81. The minimum atomic E-state index is -0.946. The van der Waals surface area contributed by atoms with Gasteiger partial charge in [0.1, 0.15) is 5.25 Å². The van der Waals surface area contributed by atoms with Gasteiger partial charge in [-0.1, -0.05) is 11.8 Å². The van der Waals surface area contributed by atoms with E-state index in [9.17, 15) is 9.59 Å². The Morgan fingerprint density at radius 1 is 1.53 bits per heavy atom. The van der Waals surface area contributed by atoms with E-state index in [2.05, 4.69) is 9.89 Å². The zero-order valence-electron chi connectivity index (χ0n) is 8.18. The first kappa shape index (κ1) is 10.5. The minimum Gasteiger partial charge on any atom is -0.481 e. The highest BCUT2D eigenvalue weighted by Crippen LogP contribution is 2.28. The molecule has 1 atom stereocenters. The molecule has 1 N–H and O–H groups in total. The van der Waals surface area contributed by atoms with Gasteiger partial charge in [-0.25, -0.2) is 0 Å². The van der Waals surface area contributed by atoms with Crippen molar-refractivity contribution in [2.75, 3.05) is 13.1 Å². The van der Waals surface area contributed by atoms with E-state index in [1.54, 1.807) is 0 Å². The average Bonchev–Trinajstić information content (AvgIpc) is 2.75. The van der Waals surface area contributed by atoms with E-state index in [1.807, 2.05) is 0 Å². The molecule has 0 aromatic rings. The number of hydrogen-bond donors (Lipinski definition) is 1. The molecule has 15 heavy (non-hydrogen) atoms. The van der Waals surface area contributed by atoms with Crippen molar-refractivity contribution in [2.24, 2.45) is 4.99 Å². The van der Waals surface area contributed by atoms with Gasteiger partial charge in [-0.15, -0.1) is 0 Å². The predicted molar refractivity (Wildman–Crippen MR) is 56.9 cm³/mol. The molecule has 0 aliphatic carbocycles. The van der Waals surface area contributed by atoms with E-state index < -0.39 is 11.2 Å². The molecule has 0 bridgehead atoms. The van der Waals surface area contributed by atoms with Gasteiger partial charge in [-0.2, -0.15) is 4.99 Å². The van der Waals surface area contributed by atoms with Crippen LogP contribution in [0.4, 0.5) is 0 Å². The largest absolute Gasteiger partial charge is 0.481 e. The first-order chi connectivity index (χ1) is 7.16. The van der Waals surface area contributed by atoms with Gasteiger partial charge >= 0.3 is 5.97 Å². The van der Waals surface area contributed by atoms with Gasteiger partial charge in [0, 0.05) is 13.1 Å². The molecule has 0 saturated carbocycles. The van der Waals surface area contributed by atoms with Crippen molar-refractivity contribution >= 4 is 28.8 Å². The van der Waals surface area contributed by atoms with Gasteiger partial charge in [0.2, 0.25) is 0 Å². The van der Waals surface area contributed by atoms with Gasteiger partial charge < -0.3 is 10.0 Å². The highest BCUT2D eigenvalue weighted by molar-refractivity contribution is 8.15. The van der Waals surface area contributed by atoms with E-state index in [4.69, 9.17) is 5.11 Å². The molecule has 0 aromatic carbocycles. The van der Waals surface area contributed by atoms with Crippen molar-refractivity contribution in [1.82, 2.24) is 4.90 Å². The number of hydrogen-bond acceptors (Lipinski definition) is 4. The fourth-order valence-corrected chi connectivity index (χ4v) is 2.82. The summed E-state index contributed by atoms with van der Waals surface area (Å²) in [5.74, 6) is -1.25. The van der Waals surface area contributed by atoms with Crippen LogP contribution in [0.25, 0.3) is 0 Å². The molecular weight excluding hydrogens is 216 g/mol. The number of nitrogens with zero attached hydrogens (tertiary/aromatic N) is 2. The summed E-state index contributed by atoms with van der Waals surface area (Å²) < 4.78 is 0. The number of carboxylic acid groups (broad SMARTS) is 1. The third-order valence-electron chi connectivity index (χ3n) is 2.47. The fraction of sp³-hybridized carbons (Fsp3) is 0.667. The number of thioether (sulfide) groups is 1. The number of carboxylic acids is 1. The van der Waals surface area contributed by atoms with Gasteiger partial charge in [0.15, 0.2) is 5.17 Å². The second kappa shape index (κ2) is 4.22. The number of aliphatic carboxylic acids is 1. The third kappa shape index (κ3) is 2.31. The normalized spacial score (nSPS) is 25.9. The molecular formula is C9H12N2O3S. The molecule has 2 rings (SSSR count). The van der Waals surface area contributed by atoms with Crippen LogP contribution in [-0.4, -0.2) is 45.4 Å². The summed E-state index contributed by atoms with van der Waals surface area (Å²) in [5.41, 5.74) is 0. The van der Waals surface area contributed by atoms with Gasteiger partial charge in [0.25, 0.3) is 5.91 Å². The van der Waals surface area contributed by atoms with Crippen molar-refractivity contribution in [3.05, 3.63) is 0 Å². The molecule has 1 fully saturated rings. The standard InChI is InChI=1S/C9H12N2O3S/c12-7(13)5-6-8(14)10-9(15-6)11-3-1-2-4-11/h6H,1-5H2,(H,12,13). The molecule has 1 amide bonds. The molecule has 5 nitrogen and oxygen atoms in total. The Labute approximate surface area is 91.5 Å². The van der Waals surface area contributed by atoms with Crippen molar-refractivity contribution in [3.8, 4) is 0 Å². The summed E-state index contributed by atoms with van der Waals surface area (Å²) in [6.45, 7) is 1.86. The van der Waals surface area contributed by atoms with Crippen LogP contribution in [0.15, 0.2) is 4.99 Å². The second-order valence-corrected chi connectivity index (χ2v) is 4.80. The maximum absolute atomic E-state index is 11.4. The predicted octanol–water partition coefficient (Wildman–Crippen LogP) is 0.555. The lowest BCUT2D eigenvalue weighted by Crippen LogP contribution is -2.24. The molecule has 0 aromatic heterocycles. The number of aliphatic imine (C=N–C) groups is 1. The zero-order chi connectivity index (χ0) is 10.8. The lowest BCUT2D eigenvalue weighted by atomic mass is 10.3. The average molecular weight is 228 g/mol. The maximum Gasteiger partial charge on any atom is 0.305 e. The van der Waals surface area contributed by atoms with Crippen molar-refractivity contribution in [1.29, 1.82) is 0 Å². The lowest BCUT2D eigenvalue weighted by Gasteiger charge is -2.15. The molecule has 0 radical (unpaired) electrons. The molecule has 1 saturated heterocycles. The van der Waals surface area contributed by atoms with Crippen LogP contribution < -0.4 is 0 Å². The number of carbonyl (C=O) groups is 2. The van der Waals surface area contributed by atoms with Crippen molar-refractivity contribution in [2.45, 2.75) is 24.5 Å². The summed E-state index contributed by atoms with van der Waals surface area (Å²) >= 11 is 1.29. The molecule has 2 aliphatic heterocycles.